The van der Waals surface area contributed by atoms with Gasteiger partial charge >= 0.3 is 0 Å². The molecular weight excluding hydrogens is 1250 g/mol. The first-order valence-corrected chi connectivity index (χ1v) is 34.8. The fourth-order valence-corrected chi connectivity index (χ4v) is 12.1. The summed E-state index contributed by atoms with van der Waals surface area (Å²) in [6.07, 6.45) is 5.15. The van der Waals surface area contributed by atoms with E-state index in [1.807, 2.05) is 41.5 Å². The van der Waals surface area contributed by atoms with Crippen molar-refractivity contribution in [3.63, 3.8) is 0 Å². The van der Waals surface area contributed by atoms with E-state index in [9.17, 15) is 43.5 Å². The molecule has 27 nitrogen and oxygen atoms in total. The molecule has 2 saturated heterocycles. The van der Waals surface area contributed by atoms with Crippen LogP contribution in [0.4, 0.5) is 0 Å². The largest absolute Gasteiger partial charge is 0.390 e. The van der Waals surface area contributed by atoms with E-state index < -0.39 is 162 Å². The van der Waals surface area contributed by atoms with E-state index in [-0.39, 0.29) is 56.7 Å². The summed E-state index contributed by atoms with van der Waals surface area (Å²) >= 11 is 0. The quantitative estimate of drug-likeness (QED) is 0.0768. The van der Waals surface area contributed by atoms with E-state index in [0.717, 1.165) is 34.3 Å². The first-order valence-electron chi connectivity index (χ1n) is 34.8. The van der Waals surface area contributed by atoms with Gasteiger partial charge in [-0.1, -0.05) is 107 Å². The number of carbonyl (C=O) groups is 11. The average molecular weight is 1370 g/mol. The maximum Gasteiger partial charge on any atom is 0.246 e. The number of rotatable bonds is 22. The minimum atomic E-state index is -1.64. The molecule has 0 radical (unpaired) electrons. The zero-order valence-corrected chi connectivity index (χ0v) is 62.8. The first kappa shape index (κ1) is 86.5. The topological polar surface area (TPSA) is 310 Å². The van der Waals surface area contributed by atoms with Crippen LogP contribution in [0.5, 0.6) is 0 Å². The number of morpholine rings is 1. The molecule has 2 aliphatic rings. The van der Waals surface area contributed by atoms with Gasteiger partial charge in [0, 0.05) is 69.0 Å². The van der Waals surface area contributed by atoms with Gasteiger partial charge in [-0.25, -0.2) is 0 Å². The van der Waals surface area contributed by atoms with Crippen LogP contribution in [0.1, 0.15) is 143 Å². The summed E-state index contributed by atoms with van der Waals surface area (Å²) in [6.45, 7) is 31.5. The van der Waals surface area contributed by atoms with Gasteiger partial charge < -0.3 is 74.9 Å². The number of nitrogens with one attached hydrogen (secondary N) is 4. The molecule has 0 spiro atoms. The van der Waals surface area contributed by atoms with Gasteiger partial charge in [0.2, 0.25) is 65.0 Å². The lowest BCUT2D eigenvalue weighted by Crippen LogP contribution is -2.63. The van der Waals surface area contributed by atoms with Crippen molar-refractivity contribution in [1.29, 1.82) is 0 Å². The first-order chi connectivity index (χ1) is 45.3. The third kappa shape index (κ3) is 25.9. The van der Waals surface area contributed by atoms with Crippen molar-refractivity contribution >= 4 is 65.0 Å². The van der Waals surface area contributed by atoms with Crippen molar-refractivity contribution in [2.45, 2.75) is 216 Å². The van der Waals surface area contributed by atoms with Gasteiger partial charge in [0.15, 0.2) is 0 Å². The van der Waals surface area contributed by atoms with Crippen LogP contribution in [0.25, 0.3) is 0 Å². The van der Waals surface area contributed by atoms with Gasteiger partial charge in [-0.3, -0.25) is 57.6 Å². The second kappa shape index (κ2) is 41.8. The summed E-state index contributed by atoms with van der Waals surface area (Å²) in [4.78, 5) is 173. The van der Waals surface area contributed by atoms with Gasteiger partial charge in [0.05, 0.1) is 51.8 Å². The Bertz CT molecular complexity index is 2650. The molecule has 554 valence electrons. The highest BCUT2D eigenvalue weighted by molar-refractivity contribution is 5.99. The third-order valence-corrected chi connectivity index (χ3v) is 18.2. The van der Waals surface area contributed by atoms with E-state index in [0.29, 0.717) is 26.2 Å². The number of likely N-dealkylation sites (N-methyl/N-ethyl adjacent to an activating group) is 7. The van der Waals surface area contributed by atoms with Crippen LogP contribution >= 0.6 is 0 Å². The summed E-state index contributed by atoms with van der Waals surface area (Å²) in [7, 11) is 9.80. The fraction of sp³-hybridized carbons (Fsp3) is 0.786. The predicted octanol–water partition coefficient (Wildman–Crippen LogP) is 2.53. The summed E-state index contributed by atoms with van der Waals surface area (Å²) in [6, 6.07) is -13.0. The standard InChI is InChI=1S/C70H124N12O15/c1-24-26-29-47(13)60(84)59-64(88)73-51(25-2)66(90)75(17)41-55(83)79(21)58(50(16)97-34-28-27-33-95-35-30-82-31-36-96-37-32-82)63(87)74-56(45(9)10)69(93)76(18)52(38-42(3)4)62(86)71-48(14)61(85)72-49(15)65(89)77(19)53(39-43(5)6)67(91)78(20)54(40-44(7)8)68(92)80(22)57(46(11)12)70(94)81(59)23/h24,26-28,42-54,56-60,84H,25,29-41H2,1-23H3,(H,71,86)(H,72,85)(H,73,88)(H,74,87)/b26-24+,28-27+/t47-,48+,49+,50-,51+,52-,53+,54-,56+,57+,58+,59+,60-/m1/s1. The van der Waals surface area contributed by atoms with Crippen LogP contribution in [-0.2, 0) is 67.0 Å². The van der Waals surface area contributed by atoms with E-state index in [2.05, 4.69) is 26.2 Å². The minimum absolute atomic E-state index is 0.0149. The monoisotopic (exact) mass is 1370 g/mol. The molecule has 0 aliphatic carbocycles. The second-order valence-corrected chi connectivity index (χ2v) is 28.4. The van der Waals surface area contributed by atoms with Crippen LogP contribution in [0.15, 0.2) is 24.3 Å². The van der Waals surface area contributed by atoms with Crippen molar-refractivity contribution in [2.75, 3.05) is 109 Å². The molecule has 0 unspecified atom stereocenters. The molecule has 2 aliphatic heterocycles. The SMILES string of the molecule is C/C=C/C[C@@H](C)[C@@H](O)[C@H]1C(=O)N[C@@H](CC)C(=O)N(C)CC(=O)N(C)[C@@H]([C@@H](C)OC/C=C/COCCN2CCOCC2)C(=O)N[C@@H](C(C)C)C(=O)N(C)[C@H](CC(C)C)C(=O)N[C@@H](C)C(=O)N[C@@H](C)C(=O)N(C)[C@@H](CC(C)C)C(=O)N(C)[C@H](CC(C)C)C(=O)N(C)[C@@H](C(C)C)C(=O)N1C. The van der Waals surface area contributed by atoms with E-state index in [1.165, 1.54) is 82.8 Å². The maximum atomic E-state index is 15.3. The molecule has 13 atom stereocenters. The smallest absolute Gasteiger partial charge is 0.246 e. The Morgan fingerprint density at radius 2 is 1.02 bits per heavy atom. The highest BCUT2D eigenvalue weighted by Gasteiger charge is 2.46. The van der Waals surface area contributed by atoms with E-state index in [4.69, 9.17) is 14.2 Å². The number of aliphatic hydroxyl groups excluding tert-OH is 1. The number of allylic oxidation sites excluding steroid dienone is 2. The third-order valence-electron chi connectivity index (χ3n) is 18.2. The molecule has 0 aromatic rings. The number of ether oxygens (including phenoxy) is 3. The molecule has 0 saturated carbocycles. The Kier molecular flexibility index (Phi) is 37.3. The molecule has 97 heavy (non-hydrogen) atoms. The molecule has 5 N–H and O–H groups in total. The molecule has 0 aromatic carbocycles. The molecule has 0 bridgehead atoms. The van der Waals surface area contributed by atoms with Crippen LogP contribution in [0.3, 0.4) is 0 Å². The van der Waals surface area contributed by atoms with Gasteiger partial charge in [0.1, 0.15) is 60.4 Å². The van der Waals surface area contributed by atoms with Crippen LogP contribution in [0.2, 0.25) is 0 Å². The predicted molar refractivity (Wildman–Crippen MR) is 372 cm³/mol. The molecule has 11 amide bonds. The molecule has 0 aromatic heterocycles. The van der Waals surface area contributed by atoms with Gasteiger partial charge in [-0.05, 0) is 95.3 Å². The lowest BCUT2D eigenvalue weighted by Gasteiger charge is -2.41. The highest BCUT2D eigenvalue weighted by atomic mass is 16.5. The Morgan fingerprint density at radius 3 is 1.55 bits per heavy atom. The number of aliphatic hydroxyl groups is 1. The van der Waals surface area contributed by atoms with Gasteiger partial charge in [-0.2, -0.15) is 0 Å². The average Bonchev–Trinajstić information content (AvgIpc) is 0.808. The summed E-state index contributed by atoms with van der Waals surface area (Å²) < 4.78 is 17.5. The normalized spacial score (nSPS) is 26.6. The number of carbonyl (C=O) groups excluding carboxylic acids is 11. The highest BCUT2D eigenvalue weighted by Crippen LogP contribution is 2.26. The van der Waals surface area contributed by atoms with Gasteiger partial charge in [-0.15, -0.1) is 0 Å². The number of nitrogens with zero attached hydrogens (tertiary/aromatic N) is 8. The van der Waals surface area contributed by atoms with Crippen molar-refractivity contribution in [3.05, 3.63) is 24.3 Å². The van der Waals surface area contributed by atoms with Crippen LogP contribution in [0, 0.1) is 35.5 Å². The number of hydrogen-bond donors (Lipinski definition) is 5. The summed E-state index contributed by atoms with van der Waals surface area (Å²) in [5.74, 6) is -10.2. The Labute approximate surface area is 579 Å². The maximum absolute atomic E-state index is 15.3. The Hall–Kier alpha value is -6.55. The number of hydrogen-bond acceptors (Lipinski definition) is 16. The minimum Gasteiger partial charge on any atom is -0.390 e. The summed E-state index contributed by atoms with van der Waals surface area (Å²) in [5, 5.41) is 23.2. The van der Waals surface area contributed by atoms with Crippen molar-refractivity contribution in [2.24, 2.45) is 35.5 Å². The fourth-order valence-electron chi connectivity index (χ4n) is 12.1. The van der Waals surface area contributed by atoms with Crippen LogP contribution < -0.4 is 21.3 Å². The zero-order valence-electron chi connectivity index (χ0n) is 62.8. The Balaban J connectivity index is 2.94. The molecule has 27 heteroatoms. The second-order valence-electron chi connectivity index (χ2n) is 28.4. The van der Waals surface area contributed by atoms with Crippen molar-refractivity contribution in [3.8, 4) is 0 Å². The van der Waals surface area contributed by atoms with Gasteiger partial charge in [0.25, 0.3) is 0 Å². The van der Waals surface area contributed by atoms with E-state index >= 15 is 14.4 Å². The van der Waals surface area contributed by atoms with Crippen molar-refractivity contribution in [1.82, 2.24) is 60.5 Å². The Morgan fingerprint density at radius 1 is 0.526 bits per heavy atom. The summed E-state index contributed by atoms with van der Waals surface area (Å²) in [5.41, 5.74) is 0. The molecule has 2 fully saturated rings. The molecular formula is C70H124N12O15. The van der Waals surface area contributed by atoms with Crippen molar-refractivity contribution < 1.29 is 72.1 Å². The lowest BCUT2D eigenvalue weighted by molar-refractivity contribution is -0.157. The molecule has 2 rings (SSSR count). The van der Waals surface area contributed by atoms with Crippen LogP contribution in [-0.4, -0.2) is 290 Å². The zero-order chi connectivity index (χ0) is 74.0. The lowest BCUT2D eigenvalue weighted by atomic mass is 9.91. The van der Waals surface area contributed by atoms with E-state index in [1.54, 1.807) is 79.7 Å². The number of amides is 11. The molecule has 2 heterocycles.